The third-order valence-corrected chi connectivity index (χ3v) is 3.14. The second-order valence-electron chi connectivity index (χ2n) is 4.32. The number of imidazole rings is 1. The number of rotatable bonds is 2. The van der Waals surface area contributed by atoms with Crippen LogP contribution in [0.3, 0.4) is 0 Å². The van der Waals surface area contributed by atoms with Crippen LogP contribution in [0, 0.1) is 0 Å². The number of aromatic nitrogens is 4. The molecule has 0 aliphatic heterocycles. The lowest BCUT2D eigenvalue weighted by atomic mass is 10.1. The zero-order valence-corrected chi connectivity index (χ0v) is 10.2. The lowest BCUT2D eigenvalue weighted by Gasteiger charge is -2.02. The Morgan fingerprint density at radius 3 is 3.00 bits per heavy atom. The highest BCUT2D eigenvalue weighted by molar-refractivity contribution is 5.79. The van der Waals surface area contributed by atoms with Gasteiger partial charge in [0.25, 0.3) is 0 Å². The van der Waals surface area contributed by atoms with Gasteiger partial charge in [0.1, 0.15) is 11.2 Å². The molecule has 3 aromatic heterocycles. The number of carbonyl (C=O) groups excluding carboxylic acids is 1. The molecule has 4 rings (SSSR count). The van der Waals surface area contributed by atoms with Crippen molar-refractivity contribution >= 4 is 23.0 Å². The molecule has 0 atom stereocenters. The molecule has 4 aromatic rings. The molecule has 0 aliphatic carbocycles. The number of carbonyl (C=O) groups is 1. The Kier molecular flexibility index (Phi) is 2.17. The average molecular weight is 264 g/mol. The number of aldehydes is 1. The molecule has 0 saturated carbocycles. The molecule has 1 aromatic carbocycles. The summed E-state index contributed by atoms with van der Waals surface area (Å²) >= 11 is 0. The maximum Gasteiger partial charge on any atom is 0.181 e. The highest BCUT2D eigenvalue weighted by Gasteiger charge is 2.08. The van der Waals surface area contributed by atoms with E-state index in [0.717, 1.165) is 23.1 Å². The SMILES string of the molecule is O=Cc1cnc2ccc(-c3ccc4ncoc4c3)nn12. The Morgan fingerprint density at radius 2 is 2.10 bits per heavy atom. The summed E-state index contributed by atoms with van der Waals surface area (Å²) < 4.78 is 6.80. The summed E-state index contributed by atoms with van der Waals surface area (Å²) in [6, 6.07) is 9.33. The molecule has 6 heteroatoms. The quantitative estimate of drug-likeness (QED) is 0.519. The molecule has 20 heavy (non-hydrogen) atoms. The van der Waals surface area contributed by atoms with Crippen molar-refractivity contribution in [1.29, 1.82) is 0 Å². The van der Waals surface area contributed by atoms with Crippen LogP contribution in [0.5, 0.6) is 0 Å². The zero-order chi connectivity index (χ0) is 13.5. The molecule has 3 heterocycles. The van der Waals surface area contributed by atoms with Crippen LogP contribution in [-0.2, 0) is 0 Å². The molecule has 0 amide bonds. The van der Waals surface area contributed by atoms with Gasteiger partial charge in [0.15, 0.2) is 23.9 Å². The summed E-state index contributed by atoms with van der Waals surface area (Å²) in [6.45, 7) is 0. The minimum atomic E-state index is 0.419. The molecule has 0 unspecified atom stereocenters. The van der Waals surface area contributed by atoms with Gasteiger partial charge in [-0.1, -0.05) is 6.07 Å². The van der Waals surface area contributed by atoms with E-state index in [1.807, 2.05) is 30.3 Å². The van der Waals surface area contributed by atoms with E-state index in [0.29, 0.717) is 16.9 Å². The molecule has 0 aliphatic rings. The predicted molar refractivity (Wildman–Crippen MR) is 71.4 cm³/mol. The second-order valence-corrected chi connectivity index (χ2v) is 4.32. The van der Waals surface area contributed by atoms with Crippen molar-refractivity contribution in [2.75, 3.05) is 0 Å². The molecule has 0 radical (unpaired) electrons. The Labute approximate surface area is 112 Å². The van der Waals surface area contributed by atoms with Gasteiger partial charge in [0.05, 0.1) is 11.9 Å². The first-order chi connectivity index (χ1) is 9.85. The monoisotopic (exact) mass is 264 g/mol. The first-order valence-electron chi connectivity index (χ1n) is 5.99. The van der Waals surface area contributed by atoms with Crippen LogP contribution >= 0.6 is 0 Å². The van der Waals surface area contributed by atoms with Crippen molar-refractivity contribution in [2.45, 2.75) is 0 Å². The van der Waals surface area contributed by atoms with E-state index < -0.39 is 0 Å². The van der Waals surface area contributed by atoms with Crippen LogP contribution in [0.15, 0.2) is 47.3 Å². The van der Waals surface area contributed by atoms with Crippen LogP contribution in [0.4, 0.5) is 0 Å². The molecule has 96 valence electrons. The van der Waals surface area contributed by atoms with Gasteiger partial charge in [0.2, 0.25) is 0 Å². The minimum Gasteiger partial charge on any atom is -0.443 e. The fourth-order valence-corrected chi connectivity index (χ4v) is 2.14. The van der Waals surface area contributed by atoms with Crippen molar-refractivity contribution in [1.82, 2.24) is 19.6 Å². The molecule has 0 fully saturated rings. The smallest absolute Gasteiger partial charge is 0.181 e. The predicted octanol–water partition coefficient (Wildman–Crippen LogP) is 2.35. The topological polar surface area (TPSA) is 73.3 Å². The van der Waals surface area contributed by atoms with Crippen LogP contribution in [-0.4, -0.2) is 25.9 Å². The van der Waals surface area contributed by atoms with E-state index in [-0.39, 0.29) is 0 Å². The molecule has 0 spiro atoms. The molecule has 6 nitrogen and oxygen atoms in total. The van der Waals surface area contributed by atoms with Crippen molar-refractivity contribution in [3.05, 3.63) is 48.6 Å². The lowest BCUT2D eigenvalue weighted by molar-refractivity contribution is 0.111. The van der Waals surface area contributed by atoms with Gasteiger partial charge < -0.3 is 4.42 Å². The van der Waals surface area contributed by atoms with Gasteiger partial charge in [0, 0.05) is 5.56 Å². The molecule has 0 saturated heterocycles. The number of benzene rings is 1. The summed E-state index contributed by atoms with van der Waals surface area (Å²) in [5.41, 5.74) is 4.18. The largest absolute Gasteiger partial charge is 0.443 e. The van der Waals surface area contributed by atoms with Crippen LogP contribution in [0.1, 0.15) is 10.5 Å². The fraction of sp³-hybridized carbons (Fsp3) is 0. The number of fused-ring (bicyclic) bond motifs is 2. The number of nitrogens with zero attached hydrogens (tertiary/aromatic N) is 4. The van der Waals surface area contributed by atoms with E-state index >= 15 is 0 Å². The maximum atomic E-state index is 10.9. The van der Waals surface area contributed by atoms with E-state index in [1.165, 1.54) is 17.1 Å². The van der Waals surface area contributed by atoms with Gasteiger partial charge in [-0.25, -0.2) is 14.5 Å². The lowest BCUT2D eigenvalue weighted by Crippen LogP contribution is -1.98. The number of hydrogen-bond donors (Lipinski definition) is 0. The van der Waals surface area contributed by atoms with Crippen LogP contribution in [0.2, 0.25) is 0 Å². The van der Waals surface area contributed by atoms with Gasteiger partial charge in [-0.05, 0) is 24.3 Å². The molecular weight excluding hydrogens is 256 g/mol. The van der Waals surface area contributed by atoms with Crippen LogP contribution in [0.25, 0.3) is 28.0 Å². The molecule has 0 bridgehead atoms. The van der Waals surface area contributed by atoms with Gasteiger partial charge in [-0.3, -0.25) is 4.79 Å². The van der Waals surface area contributed by atoms with E-state index in [1.54, 1.807) is 0 Å². The maximum absolute atomic E-state index is 10.9. The first-order valence-corrected chi connectivity index (χ1v) is 5.99. The zero-order valence-electron chi connectivity index (χ0n) is 10.2. The third kappa shape index (κ3) is 1.51. The van der Waals surface area contributed by atoms with E-state index in [9.17, 15) is 4.79 Å². The first kappa shape index (κ1) is 10.9. The van der Waals surface area contributed by atoms with Gasteiger partial charge in [-0.15, -0.1) is 0 Å². The minimum absolute atomic E-state index is 0.419. The summed E-state index contributed by atoms with van der Waals surface area (Å²) in [6.07, 6.45) is 3.64. The normalized spacial score (nSPS) is 11.2. The summed E-state index contributed by atoms with van der Waals surface area (Å²) in [5, 5.41) is 4.43. The Bertz CT molecular complexity index is 939. The highest BCUT2D eigenvalue weighted by atomic mass is 16.3. The molecule has 0 N–H and O–H groups in total. The summed E-state index contributed by atoms with van der Waals surface area (Å²) in [4.78, 5) is 19.1. The second kappa shape index (κ2) is 3.99. The van der Waals surface area contributed by atoms with Crippen LogP contribution < -0.4 is 0 Å². The Hall–Kier alpha value is -3.02. The Morgan fingerprint density at radius 1 is 1.15 bits per heavy atom. The summed E-state index contributed by atoms with van der Waals surface area (Å²) in [7, 11) is 0. The van der Waals surface area contributed by atoms with Crippen molar-refractivity contribution in [3.63, 3.8) is 0 Å². The van der Waals surface area contributed by atoms with Crippen molar-refractivity contribution < 1.29 is 9.21 Å². The number of hydrogen-bond acceptors (Lipinski definition) is 5. The average Bonchev–Trinajstić information content (AvgIpc) is 3.12. The van der Waals surface area contributed by atoms with Gasteiger partial charge in [-0.2, -0.15) is 5.10 Å². The third-order valence-electron chi connectivity index (χ3n) is 3.14. The highest BCUT2D eigenvalue weighted by Crippen LogP contribution is 2.22. The van der Waals surface area contributed by atoms with E-state index in [4.69, 9.17) is 4.42 Å². The van der Waals surface area contributed by atoms with Crippen molar-refractivity contribution in [3.8, 4) is 11.3 Å². The van der Waals surface area contributed by atoms with E-state index in [2.05, 4.69) is 15.1 Å². The van der Waals surface area contributed by atoms with Crippen molar-refractivity contribution in [2.24, 2.45) is 0 Å². The number of oxazole rings is 1. The van der Waals surface area contributed by atoms with Gasteiger partial charge >= 0.3 is 0 Å². The standard InChI is InChI=1S/C14H8N4O2/c19-7-10-6-15-14-4-3-11(17-18(10)14)9-1-2-12-13(5-9)20-8-16-12/h1-8H. The molecular formula is C14H8N4O2. The Balaban J connectivity index is 1.93. The summed E-state index contributed by atoms with van der Waals surface area (Å²) in [5.74, 6) is 0. The fourth-order valence-electron chi connectivity index (χ4n) is 2.14.